The molecule has 2 rings (SSSR count). The highest BCUT2D eigenvalue weighted by Gasteiger charge is 2.21. The van der Waals surface area contributed by atoms with Crippen LogP contribution in [0.4, 0.5) is 0 Å². The summed E-state index contributed by atoms with van der Waals surface area (Å²) in [5.74, 6) is -0.878. The van der Waals surface area contributed by atoms with Crippen LogP contribution in [0.15, 0.2) is 23.1 Å². The first-order valence-corrected chi connectivity index (χ1v) is 9.06. The summed E-state index contributed by atoms with van der Waals surface area (Å²) in [7, 11) is -3.69. The molecule has 1 heterocycles. The fourth-order valence-corrected chi connectivity index (χ4v) is 3.81. The molecule has 1 saturated heterocycles. The van der Waals surface area contributed by atoms with Gasteiger partial charge in [0.1, 0.15) is 0 Å². The molecule has 1 aliphatic heterocycles. The predicted molar refractivity (Wildman–Crippen MR) is 84.8 cm³/mol. The minimum Gasteiger partial charge on any atom is -0.478 e. The fourth-order valence-electron chi connectivity index (χ4n) is 2.10. The Balaban J connectivity index is 2.11. The number of carboxylic acid groups (broad SMARTS) is 1. The van der Waals surface area contributed by atoms with E-state index in [0.717, 1.165) is 12.8 Å². The second-order valence-corrected chi connectivity index (χ2v) is 7.78. The normalized spacial score (nSPS) is 16.8. The molecule has 0 aliphatic carbocycles. The average molecular weight is 425 g/mol. The van der Waals surface area contributed by atoms with Gasteiger partial charge in [-0.15, -0.1) is 0 Å². The summed E-state index contributed by atoms with van der Waals surface area (Å²) >= 11 is 1.87. The molecule has 0 spiro atoms. The Hall–Kier alpha value is -0.710. The number of halogens is 1. The number of hydrogen-bond donors (Lipinski definition) is 2. The van der Waals surface area contributed by atoms with Crippen LogP contribution in [0.3, 0.4) is 0 Å². The zero-order valence-corrected chi connectivity index (χ0v) is 14.2. The number of hydrogen-bond acceptors (Lipinski definition) is 4. The molecule has 0 atom stereocenters. The van der Waals surface area contributed by atoms with Gasteiger partial charge in [-0.05, 0) is 59.5 Å². The van der Waals surface area contributed by atoms with Crippen LogP contribution in [0.1, 0.15) is 23.2 Å². The summed E-state index contributed by atoms with van der Waals surface area (Å²) in [4.78, 5) is 11.1. The van der Waals surface area contributed by atoms with E-state index in [1.54, 1.807) is 0 Å². The van der Waals surface area contributed by atoms with Crippen molar-refractivity contribution >= 4 is 38.6 Å². The van der Waals surface area contributed by atoms with Crippen molar-refractivity contribution in [3.05, 3.63) is 27.3 Å². The summed E-state index contributed by atoms with van der Waals surface area (Å²) in [5.41, 5.74) is -0.00968. The van der Waals surface area contributed by atoms with E-state index in [9.17, 15) is 13.2 Å². The van der Waals surface area contributed by atoms with Gasteiger partial charge >= 0.3 is 5.97 Å². The van der Waals surface area contributed by atoms with Crippen LogP contribution < -0.4 is 4.72 Å². The number of carboxylic acids is 1. The van der Waals surface area contributed by atoms with Gasteiger partial charge in [0.15, 0.2) is 0 Å². The summed E-state index contributed by atoms with van der Waals surface area (Å²) in [6.45, 7) is 1.65. The van der Waals surface area contributed by atoms with E-state index in [1.807, 2.05) is 22.6 Å². The van der Waals surface area contributed by atoms with Crippen molar-refractivity contribution < 1.29 is 23.1 Å². The molecule has 0 radical (unpaired) electrons. The first-order valence-electron chi connectivity index (χ1n) is 6.50. The minimum absolute atomic E-state index is 0.00968. The summed E-state index contributed by atoms with van der Waals surface area (Å²) in [5, 5.41) is 9.06. The molecule has 0 unspecified atom stereocenters. The van der Waals surface area contributed by atoms with Crippen LogP contribution in [-0.2, 0) is 14.8 Å². The van der Waals surface area contributed by atoms with Crippen molar-refractivity contribution in [1.29, 1.82) is 0 Å². The van der Waals surface area contributed by atoms with E-state index in [2.05, 4.69) is 4.72 Å². The van der Waals surface area contributed by atoms with Crippen molar-refractivity contribution in [1.82, 2.24) is 4.72 Å². The maximum Gasteiger partial charge on any atom is 0.336 e. The van der Waals surface area contributed by atoms with E-state index in [-0.39, 0.29) is 16.4 Å². The Morgan fingerprint density at radius 1 is 1.38 bits per heavy atom. The number of rotatable bonds is 5. The smallest absolute Gasteiger partial charge is 0.336 e. The van der Waals surface area contributed by atoms with Crippen molar-refractivity contribution in [2.75, 3.05) is 19.8 Å². The average Bonchev–Trinajstić information content (AvgIpc) is 2.46. The van der Waals surface area contributed by atoms with Gasteiger partial charge < -0.3 is 9.84 Å². The van der Waals surface area contributed by atoms with Gasteiger partial charge in [0.05, 0.1) is 10.5 Å². The third-order valence-electron chi connectivity index (χ3n) is 3.38. The lowest BCUT2D eigenvalue weighted by molar-refractivity contribution is 0.0677. The largest absolute Gasteiger partial charge is 0.478 e. The number of sulfonamides is 1. The number of ether oxygens (including phenoxy) is 1. The zero-order chi connectivity index (χ0) is 15.5. The fraction of sp³-hybridized carbons (Fsp3) is 0.462. The van der Waals surface area contributed by atoms with Gasteiger partial charge in [-0.25, -0.2) is 17.9 Å². The van der Waals surface area contributed by atoms with Gasteiger partial charge in [0.25, 0.3) is 0 Å². The van der Waals surface area contributed by atoms with E-state index in [4.69, 9.17) is 9.84 Å². The Morgan fingerprint density at radius 3 is 2.67 bits per heavy atom. The van der Waals surface area contributed by atoms with Crippen molar-refractivity contribution in [2.24, 2.45) is 5.92 Å². The number of carbonyl (C=O) groups is 1. The zero-order valence-electron chi connectivity index (χ0n) is 11.2. The van der Waals surface area contributed by atoms with Gasteiger partial charge in [0, 0.05) is 23.3 Å². The molecule has 1 fully saturated rings. The molecule has 2 N–H and O–H groups in total. The van der Waals surface area contributed by atoms with Gasteiger partial charge in [0.2, 0.25) is 10.0 Å². The molecule has 1 aromatic carbocycles. The molecule has 0 saturated carbocycles. The van der Waals surface area contributed by atoms with E-state index < -0.39 is 16.0 Å². The quantitative estimate of drug-likeness (QED) is 0.701. The molecule has 21 heavy (non-hydrogen) atoms. The van der Waals surface area contributed by atoms with Crippen LogP contribution >= 0.6 is 22.6 Å². The molecule has 6 nitrogen and oxygen atoms in total. The lowest BCUT2D eigenvalue weighted by Crippen LogP contribution is -2.32. The van der Waals surface area contributed by atoms with Gasteiger partial charge in [-0.2, -0.15) is 0 Å². The molecule has 116 valence electrons. The maximum absolute atomic E-state index is 12.2. The summed E-state index contributed by atoms with van der Waals surface area (Å²) in [6, 6.07) is 4.10. The molecular formula is C13H16INO5S. The highest BCUT2D eigenvalue weighted by molar-refractivity contribution is 14.1. The SMILES string of the molecule is O=C(O)c1cc(S(=O)(=O)NCC2CCOCC2)ccc1I. The molecule has 1 aliphatic rings. The van der Waals surface area contributed by atoms with E-state index in [0.29, 0.717) is 23.3 Å². The van der Waals surface area contributed by atoms with Gasteiger partial charge in [-0.3, -0.25) is 0 Å². The van der Waals surface area contributed by atoms with Crippen LogP contribution in [-0.4, -0.2) is 39.3 Å². The molecule has 8 heteroatoms. The predicted octanol–water partition coefficient (Wildman–Crippen LogP) is 1.69. The molecule has 0 bridgehead atoms. The molecule has 1 aromatic rings. The second-order valence-electron chi connectivity index (χ2n) is 4.85. The highest BCUT2D eigenvalue weighted by atomic mass is 127. The van der Waals surface area contributed by atoms with Crippen LogP contribution in [0, 0.1) is 9.49 Å². The van der Waals surface area contributed by atoms with E-state index >= 15 is 0 Å². The van der Waals surface area contributed by atoms with Crippen LogP contribution in [0.5, 0.6) is 0 Å². The Morgan fingerprint density at radius 2 is 2.05 bits per heavy atom. The van der Waals surface area contributed by atoms with Gasteiger partial charge in [-0.1, -0.05) is 0 Å². The Labute approximate surface area is 137 Å². The topological polar surface area (TPSA) is 92.7 Å². The minimum atomic E-state index is -3.69. The van der Waals surface area contributed by atoms with Crippen molar-refractivity contribution in [3.63, 3.8) is 0 Å². The van der Waals surface area contributed by atoms with E-state index in [1.165, 1.54) is 18.2 Å². The third-order valence-corrected chi connectivity index (χ3v) is 5.74. The number of benzene rings is 1. The van der Waals surface area contributed by atoms with Crippen LogP contribution in [0.25, 0.3) is 0 Å². The lowest BCUT2D eigenvalue weighted by atomic mass is 10.0. The molecule has 0 amide bonds. The summed E-state index contributed by atoms with van der Waals surface area (Å²) in [6.07, 6.45) is 1.66. The number of nitrogens with one attached hydrogen (secondary N) is 1. The number of aromatic carboxylic acids is 1. The van der Waals surface area contributed by atoms with Crippen molar-refractivity contribution in [2.45, 2.75) is 17.7 Å². The van der Waals surface area contributed by atoms with Crippen LogP contribution in [0.2, 0.25) is 0 Å². The van der Waals surface area contributed by atoms with Crippen molar-refractivity contribution in [3.8, 4) is 0 Å². The molecular weight excluding hydrogens is 409 g/mol. The summed E-state index contributed by atoms with van der Waals surface area (Å²) < 4.78 is 32.7. The molecule has 0 aromatic heterocycles. The first-order chi connectivity index (χ1) is 9.90. The standard InChI is InChI=1S/C13H16INO5S/c14-12-2-1-10(7-11(12)13(16)17)21(18,19)15-8-9-3-5-20-6-4-9/h1-2,7,9,15H,3-6,8H2,(H,16,17). The monoisotopic (exact) mass is 425 g/mol. The highest BCUT2D eigenvalue weighted by Crippen LogP contribution is 2.19. The Kier molecular flexibility index (Phi) is 5.58. The first kappa shape index (κ1) is 16.7. The third kappa shape index (κ3) is 4.38. The maximum atomic E-state index is 12.2. The second kappa shape index (κ2) is 7.03. The Bertz CT molecular complexity index is 625. The lowest BCUT2D eigenvalue weighted by Gasteiger charge is -2.22.